The van der Waals surface area contributed by atoms with Gasteiger partial charge in [0, 0.05) is 50.9 Å². The third-order valence-corrected chi connectivity index (χ3v) is 6.92. The highest BCUT2D eigenvalue weighted by atomic mass is 19.1. The lowest BCUT2D eigenvalue weighted by atomic mass is 10.0. The van der Waals surface area contributed by atoms with Gasteiger partial charge in [0.25, 0.3) is 0 Å². The van der Waals surface area contributed by atoms with E-state index in [1.54, 1.807) is 12.1 Å². The third-order valence-electron chi connectivity index (χ3n) is 6.92. The van der Waals surface area contributed by atoms with Crippen molar-refractivity contribution < 1.29 is 28.7 Å². The Morgan fingerprint density at radius 2 is 1.84 bits per heavy atom. The number of ether oxygens (including phenoxy) is 1. The molecule has 4 fully saturated rings. The van der Waals surface area contributed by atoms with Crippen LogP contribution in [-0.2, 0) is 14.3 Å². The van der Waals surface area contributed by atoms with Gasteiger partial charge in [-0.2, -0.15) is 0 Å². The molecule has 3 saturated heterocycles. The Bertz CT molecular complexity index is 940. The number of nitrogens with zero attached hydrogens (tertiary/aromatic N) is 4. The van der Waals surface area contributed by atoms with Gasteiger partial charge in [-0.15, -0.1) is 0 Å². The first-order valence-corrected chi connectivity index (χ1v) is 11.1. The summed E-state index contributed by atoms with van der Waals surface area (Å²) in [5.41, 5.74) is 0.858. The molecule has 1 unspecified atom stereocenters. The van der Waals surface area contributed by atoms with E-state index < -0.39 is 23.9 Å². The number of benzene rings is 1. The molecule has 0 aromatic heterocycles. The van der Waals surface area contributed by atoms with Gasteiger partial charge in [-0.3, -0.25) is 19.7 Å². The summed E-state index contributed by atoms with van der Waals surface area (Å²) in [5, 5.41) is 10.1. The molecule has 0 radical (unpaired) electrons. The number of anilines is 2. The van der Waals surface area contributed by atoms with Crippen LogP contribution in [0.2, 0.25) is 0 Å². The molecule has 3 amide bonds. The van der Waals surface area contributed by atoms with E-state index in [1.807, 2.05) is 9.80 Å². The Morgan fingerprint density at radius 3 is 2.44 bits per heavy atom. The Morgan fingerprint density at radius 1 is 1.16 bits per heavy atom. The number of likely N-dealkylation sites (tertiary alicyclic amines) is 1. The molecule has 1 N–H and O–H groups in total. The number of hydrogen-bond acceptors (Lipinski definition) is 6. The van der Waals surface area contributed by atoms with Gasteiger partial charge in [0.1, 0.15) is 11.9 Å². The lowest BCUT2D eigenvalue weighted by Gasteiger charge is -2.24. The van der Waals surface area contributed by atoms with Crippen molar-refractivity contribution in [2.75, 3.05) is 49.1 Å². The normalized spacial score (nSPS) is 27.0. The minimum atomic E-state index is -0.696. The summed E-state index contributed by atoms with van der Waals surface area (Å²) in [5.74, 6) is 0.254. The monoisotopic (exact) mass is 446 g/mol. The molecule has 172 valence electrons. The number of amides is 3. The quantitative estimate of drug-likeness (QED) is 0.547. The largest absolute Gasteiger partial charge is 0.442 e. The van der Waals surface area contributed by atoms with Crippen molar-refractivity contribution in [3.8, 4) is 0 Å². The standard InChI is InChI=1S/C22H27FN4O5/c1-13(28)27(31)12-18-11-26(22(30)32-18)17-4-5-20(19(23)6-17)24-7-15-9-25(10-16(15)8-24)21(29)14-2-3-14/h4-6,14-16,18,31H,2-3,7-12H2,1H3/t15-,16+,18?. The fraction of sp³-hybridized carbons (Fsp3) is 0.591. The maximum absolute atomic E-state index is 15.0. The molecule has 1 aromatic carbocycles. The van der Waals surface area contributed by atoms with Crippen LogP contribution in [0.15, 0.2) is 18.2 Å². The second-order valence-electron chi connectivity index (χ2n) is 9.30. The van der Waals surface area contributed by atoms with E-state index in [1.165, 1.54) is 17.9 Å². The molecule has 9 nitrogen and oxygen atoms in total. The number of carbonyl (C=O) groups excluding carboxylic acids is 3. The average molecular weight is 446 g/mol. The molecule has 3 aliphatic heterocycles. The van der Waals surface area contributed by atoms with E-state index in [0.29, 0.717) is 41.4 Å². The summed E-state index contributed by atoms with van der Waals surface area (Å²) >= 11 is 0. The second kappa shape index (κ2) is 7.91. The second-order valence-corrected chi connectivity index (χ2v) is 9.30. The van der Waals surface area contributed by atoms with Crippen molar-refractivity contribution >= 4 is 29.3 Å². The van der Waals surface area contributed by atoms with Crippen LogP contribution < -0.4 is 9.80 Å². The van der Waals surface area contributed by atoms with Crippen molar-refractivity contribution in [2.24, 2.45) is 17.8 Å². The molecule has 3 atom stereocenters. The van der Waals surface area contributed by atoms with E-state index >= 15 is 4.39 Å². The summed E-state index contributed by atoms with van der Waals surface area (Å²) in [6, 6.07) is 4.67. The van der Waals surface area contributed by atoms with Gasteiger partial charge in [0.15, 0.2) is 0 Å². The molecule has 1 aromatic rings. The Balaban J connectivity index is 1.22. The number of halogens is 1. The Labute approximate surface area is 185 Å². The third kappa shape index (κ3) is 3.87. The lowest BCUT2D eigenvalue weighted by Crippen LogP contribution is -2.35. The van der Waals surface area contributed by atoms with Gasteiger partial charge in [-0.05, 0) is 31.0 Å². The van der Waals surface area contributed by atoms with Crippen LogP contribution in [0.25, 0.3) is 0 Å². The highest BCUT2D eigenvalue weighted by Crippen LogP contribution is 2.39. The first-order chi connectivity index (χ1) is 15.3. The number of cyclic esters (lactones) is 1. The summed E-state index contributed by atoms with van der Waals surface area (Å²) in [6.45, 7) is 4.09. The van der Waals surface area contributed by atoms with Gasteiger partial charge in [-0.1, -0.05) is 0 Å². The molecule has 32 heavy (non-hydrogen) atoms. The van der Waals surface area contributed by atoms with E-state index in [4.69, 9.17) is 4.74 Å². The summed E-state index contributed by atoms with van der Waals surface area (Å²) in [4.78, 5) is 41.0. The molecule has 4 aliphatic rings. The van der Waals surface area contributed by atoms with Gasteiger partial charge in [0.05, 0.1) is 24.5 Å². The van der Waals surface area contributed by atoms with Gasteiger partial charge < -0.3 is 14.5 Å². The highest BCUT2D eigenvalue weighted by Gasteiger charge is 2.45. The molecule has 0 spiro atoms. The smallest absolute Gasteiger partial charge is 0.414 e. The zero-order chi connectivity index (χ0) is 22.6. The lowest BCUT2D eigenvalue weighted by molar-refractivity contribution is -0.166. The minimum absolute atomic E-state index is 0.112. The molecule has 10 heteroatoms. The summed E-state index contributed by atoms with van der Waals surface area (Å²) in [6.07, 6.45) is 0.678. The van der Waals surface area contributed by atoms with Crippen LogP contribution in [0.1, 0.15) is 19.8 Å². The number of rotatable bonds is 5. The van der Waals surface area contributed by atoms with Gasteiger partial charge >= 0.3 is 6.09 Å². The average Bonchev–Trinajstić information content (AvgIpc) is 3.26. The number of carbonyl (C=O) groups is 3. The van der Waals surface area contributed by atoms with E-state index in [2.05, 4.69) is 0 Å². The molecule has 5 rings (SSSR count). The molecule has 1 aliphatic carbocycles. The van der Waals surface area contributed by atoms with Crippen LogP contribution in [0.3, 0.4) is 0 Å². The van der Waals surface area contributed by atoms with E-state index in [9.17, 15) is 19.6 Å². The highest BCUT2D eigenvalue weighted by molar-refractivity contribution is 5.90. The maximum Gasteiger partial charge on any atom is 0.414 e. The summed E-state index contributed by atoms with van der Waals surface area (Å²) in [7, 11) is 0. The molecule has 0 bridgehead atoms. The topological polar surface area (TPSA) is 93.6 Å². The number of fused-ring (bicyclic) bond motifs is 1. The fourth-order valence-corrected chi connectivity index (χ4v) is 5.03. The Kier molecular flexibility index (Phi) is 5.19. The fourth-order valence-electron chi connectivity index (χ4n) is 5.03. The molecular formula is C22H27FN4O5. The van der Waals surface area contributed by atoms with Crippen molar-refractivity contribution in [1.82, 2.24) is 9.96 Å². The van der Waals surface area contributed by atoms with Gasteiger partial charge in [-0.25, -0.2) is 14.2 Å². The van der Waals surface area contributed by atoms with Crippen LogP contribution in [0, 0.1) is 23.6 Å². The first kappa shape index (κ1) is 21.0. The van der Waals surface area contributed by atoms with Gasteiger partial charge in [0.2, 0.25) is 11.8 Å². The minimum Gasteiger partial charge on any atom is -0.442 e. The van der Waals surface area contributed by atoms with Crippen LogP contribution in [-0.4, -0.2) is 78.5 Å². The van der Waals surface area contributed by atoms with Crippen molar-refractivity contribution in [3.05, 3.63) is 24.0 Å². The predicted molar refractivity (Wildman–Crippen MR) is 112 cm³/mol. The molecular weight excluding hydrogens is 419 g/mol. The molecule has 1 saturated carbocycles. The van der Waals surface area contributed by atoms with Crippen LogP contribution in [0.5, 0.6) is 0 Å². The van der Waals surface area contributed by atoms with Crippen LogP contribution in [0.4, 0.5) is 20.6 Å². The summed E-state index contributed by atoms with van der Waals surface area (Å²) < 4.78 is 20.2. The van der Waals surface area contributed by atoms with Crippen molar-refractivity contribution in [1.29, 1.82) is 0 Å². The van der Waals surface area contributed by atoms with E-state index in [0.717, 1.165) is 25.9 Å². The Hall–Kier alpha value is -2.88. The van der Waals surface area contributed by atoms with Crippen LogP contribution >= 0.6 is 0 Å². The van der Waals surface area contributed by atoms with Crippen molar-refractivity contribution in [3.63, 3.8) is 0 Å². The first-order valence-electron chi connectivity index (χ1n) is 11.1. The maximum atomic E-state index is 15.0. The van der Waals surface area contributed by atoms with Crippen molar-refractivity contribution in [2.45, 2.75) is 25.9 Å². The molecule has 3 heterocycles. The van der Waals surface area contributed by atoms with E-state index in [-0.39, 0.29) is 24.9 Å². The number of hydroxylamine groups is 2. The zero-order valence-corrected chi connectivity index (χ0v) is 17.9. The number of hydrogen-bond donors (Lipinski definition) is 1. The predicted octanol–water partition coefficient (Wildman–Crippen LogP) is 1.69. The SMILES string of the molecule is CC(=O)N(O)CC1CN(c2ccc(N3C[C@H]4CN(C(=O)C5CC5)C[C@H]4C3)c(F)c2)C(=O)O1. The zero-order valence-electron chi connectivity index (χ0n) is 17.9.